The zero-order valence-corrected chi connectivity index (χ0v) is 6.12. The maximum Gasteiger partial charge on any atom is 0.338 e. The third-order valence-corrected chi connectivity index (χ3v) is 1.72. The molecule has 0 aromatic carbocycles. The molecule has 0 unspecified atom stereocenters. The highest BCUT2D eigenvalue weighted by molar-refractivity contribution is 5.77. The maximum absolute atomic E-state index is 10.6. The molecule has 6 heteroatoms. The lowest BCUT2D eigenvalue weighted by Crippen LogP contribution is -2.40. The molecule has 0 aromatic heterocycles. The van der Waals surface area contributed by atoms with Crippen LogP contribution in [0, 0.1) is 0 Å². The molecule has 1 aliphatic rings. The SMILES string of the molecule is O=[13C]1O[13C@H]([13C@@H](O)[13CH2]O)[13C@H](O)[13C@@H]1O. The fourth-order valence-electron chi connectivity index (χ4n) is 1.00. The van der Waals surface area contributed by atoms with Crippen molar-refractivity contribution in [2.24, 2.45) is 0 Å². The minimum absolute atomic E-state index is 0.637. The van der Waals surface area contributed by atoms with Crippen LogP contribution in [0.3, 0.4) is 0 Å². The zero-order chi connectivity index (χ0) is 9.30. The summed E-state index contributed by atoms with van der Waals surface area (Å²) in [7, 11) is 0. The highest BCUT2D eigenvalue weighted by Crippen LogP contribution is 2.18. The first kappa shape index (κ1) is 9.40. The van der Waals surface area contributed by atoms with Crippen LogP contribution in [0.2, 0.25) is 0 Å². The molecular weight excluding hydrogens is 174 g/mol. The number of carbonyl (C=O) groups excluding carboxylic acids is 1. The van der Waals surface area contributed by atoms with E-state index in [1.165, 1.54) is 0 Å². The van der Waals surface area contributed by atoms with Gasteiger partial charge in [-0.05, 0) is 0 Å². The van der Waals surface area contributed by atoms with E-state index < -0.39 is 37.0 Å². The van der Waals surface area contributed by atoms with E-state index in [9.17, 15) is 4.79 Å². The second kappa shape index (κ2) is 3.36. The number of hydrogen-bond donors (Lipinski definition) is 4. The smallest absolute Gasteiger partial charge is 0.338 e. The number of esters is 1. The molecule has 1 aliphatic heterocycles. The van der Waals surface area contributed by atoms with Crippen molar-refractivity contribution in [1.82, 2.24) is 0 Å². The van der Waals surface area contributed by atoms with Gasteiger partial charge < -0.3 is 25.2 Å². The van der Waals surface area contributed by atoms with Gasteiger partial charge in [-0.15, -0.1) is 0 Å². The number of aliphatic hydroxyl groups excluding tert-OH is 4. The lowest BCUT2D eigenvalue weighted by atomic mass is 11.0. The van der Waals surface area contributed by atoms with Gasteiger partial charge in [-0.1, -0.05) is 0 Å². The van der Waals surface area contributed by atoms with Crippen LogP contribution in [0.15, 0.2) is 0 Å². The molecule has 0 amide bonds. The largest absolute Gasteiger partial charge is 0.455 e. The summed E-state index contributed by atoms with van der Waals surface area (Å²) in [5.74, 6) is -0.986. The Labute approximate surface area is 68.0 Å². The molecule has 4 atom stereocenters. The Hall–Kier alpha value is -0.690. The van der Waals surface area contributed by atoms with Crippen LogP contribution in [0.5, 0.6) is 0 Å². The van der Waals surface area contributed by atoms with Crippen molar-refractivity contribution in [1.29, 1.82) is 0 Å². The number of cyclic esters (lactones) is 1. The molecule has 0 saturated carbocycles. The van der Waals surface area contributed by atoms with Gasteiger partial charge in [0.15, 0.2) is 12.2 Å². The number of rotatable bonds is 2. The molecule has 0 aromatic rings. The van der Waals surface area contributed by atoms with Crippen LogP contribution in [-0.4, -0.2) is 57.4 Å². The first-order valence-electron chi connectivity index (χ1n) is 3.43. The molecule has 70 valence electrons. The third-order valence-electron chi connectivity index (χ3n) is 1.72. The van der Waals surface area contributed by atoms with Gasteiger partial charge in [0.2, 0.25) is 0 Å². The van der Waals surface area contributed by atoms with Crippen molar-refractivity contribution in [2.75, 3.05) is 6.61 Å². The van der Waals surface area contributed by atoms with Crippen LogP contribution < -0.4 is 0 Å². The fourth-order valence-corrected chi connectivity index (χ4v) is 1.00. The van der Waals surface area contributed by atoms with Crippen LogP contribution in [0.4, 0.5) is 0 Å². The predicted molar refractivity (Wildman–Crippen MR) is 35.0 cm³/mol. The fraction of sp³-hybridized carbons (Fsp3) is 0.833. The Bertz CT molecular complexity index is 181. The third kappa shape index (κ3) is 1.42. The van der Waals surface area contributed by atoms with Gasteiger partial charge in [0.1, 0.15) is 12.2 Å². The van der Waals surface area contributed by atoms with E-state index in [-0.39, 0.29) is 0 Å². The Kier molecular flexibility index (Phi) is 2.63. The highest BCUT2D eigenvalue weighted by Gasteiger charge is 2.45. The summed E-state index contributed by atoms with van der Waals surface area (Å²) >= 11 is 0. The minimum atomic E-state index is -1.63. The summed E-state index contributed by atoms with van der Waals surface area (Å²) in [4.78, 5) is 10.6. The summed E-state index contributed by atoms with van der Waals surface area (Å²) in [5, 5.41) is 35.3. The van der Waals surface area contributed by atoms with E-state index in [0.717, 1.165) is 0 Å². The molecule has 1 heterocycles. The standard InChI is InChI=1S/C6H10O6/c7-1-2(8)5-3(9)4(10)6(11)12-5/h2-5,7-10H,1H2/t2-,3+,4-,5+/m0/s1/i1+1,2+1,3+1,4+1,5+1,6+1. The van der Waals surface area contributed by atoms with Crippen molar-refractivity contribution in [3.8, 4) is 0 Å². The molecule has 4 N–H and O–H groups in total. The average molecular weight is 184 g/mol. The molecule has 0 spiro atoms. The van der Waals surface area contributed by atoms with Crippen molar-refractivity contribution >= 4 is 5.97 Å². The van der Waals surface area contributed by atoms with Crippen LogP contribution in [-0.2, 0) is 9.53 Å². The van der Waals surface area contributed by atoms with E-state index in [1.54, 1.807) is 0 Å². The van der Waals surface area contributed by atoms with Crippen LogP contribution in [0.1, 0.15) is 0 Å². The van der Waals surface area contributed by atoms with E-state index in [0.29, 0.717) is 0 Å². The Morgan fingerprint density at radius 1 is 1.50 bits per heavy atom. The van der Waals surface area contributed by atoms with Gasteiger partial charge >= 0.3 is 5.97 Å². The number of ether oxygens (including phenoxy) is 1. The molecule has 1 fully saturated rings. The molecule has 1 rings (SSSR count). The highest BCUT2D eigenvalue weighted by atomic mass is 16.8. The second-order valence-corrected chi connectivity index (χ2v) is 2.59. The zero-order valence-electron chi connectivity index (χ0n) is 6.12. The van der Waals surface area contributed by atoms with Crippen molar-refractivity contribution in [3.05, 3.63) is 0 Å². The maximum atomic E-state index is 10.6. The number of carbonyl (C=O) groups is 1. The van der Waals surface area contributed by atoms with E-state index >= 15 is 0 Å². The van der Waals surface area contributed by atoms with E-state index in [1.807, 2.05) is 0 Å². The van der Waals surface area contributed by atoms with Crippen LogP contribution >= 0.6 is 0 Å². The molecular formula is C6H10O6. The monoisotopic (exact) mass is 184 g/mol. The van der Waals surface area contributed by atoms with Crippen molar-refractivity contribution < 1.29 is 30.0 Å². The molecule has 12 heavy (non-hydrogen) atoms. The average Bonchev–Trinajstić information content (AvgIpc) is 2.32. The predicted octanol–water partition coefficient (Wildman–Crippen LogP) is -3.01. The first-order valence-corrected chi connectivity index (χ1v) is 3.43. The van der Waals surface area contributed by atoms with E-state index in [4.69, 9.17) is 20.4 Å². The van der Waals surface area contributed by atoms with Gasteiger partial charge in [0.05, 0.1) is 6.61 Å². The summed E-state index contributed by atoms with van der Waals surface area (Å²) < 4.78 is 4.39. The van der Waals surface area contributed by atoms with Crippen molar-refractivity contribution in [2.45, 2.75) is 24.4 Å². The first-order chi connectivity index (χ1) is 5.57. The normalized spacial score (nSPS) is 38.0. The van der Waals surface area contributed by atoms with Crippen molar-refractivity contribution in [3.63, 3.8) is 0 Å². The summed E-state index contributed by atoms with van der Waals surface area (Å²) in [6.45, 7) is -0.637. The van der Waals surface area contributed by atoms with Gasteiger partial charge in [-0.25, -0.2) is 4.79 Å². The minimum Gasteiger partial charge on any atom is -0.455 e. The second-order valence-electron chi connectivity index (χ2n) is 2.59. The van der Waals surface area contributed by atoms with Crippen LogP contribution in [0.25, 0.3) is 0 Å². The summed E-state index contributed by atoms with van der Waals surface area (Å²) in [6, 6.07) is 0. The lowest BCUT2D eigenvalue weighted by molar-refractivity contribution is -0.151. The topological polar surface area (TPSA) is 107 Å². The van der Waals surface area contributed by atoms with Gasteiger partial charge in [-0.2, -0.15) is 0 Å². The molecule has 6 nitrogen and oxygen atoms in total. The van der Waals surface area contributed by atoms with Gasteiger partial charge in [0.25, 0.3) is 0 Å². The Morgan fingerprint density at radius 3 is 2.42 bits per heavy atom. The molecule has 0 bridgehead atoms. The molecule has 1 saturated heterocycles. The Balaban J connectivity index is 2.64. The molecule has 0 radical (unpaired) electrons. The van der Waals surface area contributed by atoms with Gasteiger partial charge in [-0.3, -0.25) is 0 Å². The summed E-state index contributed by atoms with van der Waals surface area (Å²) in [6.07, 6.45) is -5.70. The summed E-state index contributed by atoms with van der Waals surface area (Å²) in [5.41, 5.74) is 0. The quantitative estimate of drug-likeness (QED) is 0.269. The molecule has 0 aliphatic carbocycles. The van der Waals surface area contributed by atoms with Gasteiger partial charge in [0, 0.05) is 0 Å². The number of hydrogen-bond acceptors (Lipinski definition) is 6. The van der Waals surface area contributed by atoms with E-state index in [2.05, 4.69) is 4.74 Å². The number of aliphatic hydroxyl groups is 4. The Morgan fingerprint density at radius 2 is 2.08 bits per heavy atom. The lowest BCUT2D eigenvalue weighted by Gasteiger charge is -2.17.